The van der Waals surface area contributed by atoms with Crippen molar-refractivity contribution >= 4 is 51.9 Å². The highest BCUT2D eigenvalue weighted by atomic mass is 32.2. The molecule has 1 aromatic heterocycles. The van der Waals surface area contributed by atoms with E-state index >= 15 is 0 Å². The van der Waals surface area contributed by atoms with Crippen molar-refractivity contribution < 1.29 is 33.1 Å². The van der Waals surface area contributed by atoms with Gasteiger partial charge < -0.3 is 31.3 Å². The molecule has 2 fully saturated rings. The first-order valence-electron chi connectivity index (χ1n) is 12.3. The third kappa shape index (κ3) is 4.53. The quantitative estimate of drug-likeness (QED) is 0.345. The highest BCUT2D eigenvalue weighted by Gasteiger charge is 2.60. The lowest BCUT2D eigenvalue weighted by molar-refractivity contribution is -0.159. The number of β-lactam (4-membered cyclic amide) rings is 1. The Hall–Kier alpha value is -2.78. The summed E-state index contributed by atoms with van der Waals surface area (Å²) in [7, 11) is 0. The van der Waals surface area contributed by atoms with Crippen LogP contribution in [0.1, 0.15) is 30.8 Å². The Morgan fingerprint density at radius 1 is 1.34 bits per heavy atom. The van der Waals surface area contributed by atoms with Crippen LogP contribution in [0.15, 0.2) is 10.6 Å². The summed E-state index contributed by atoms with van der Waals surface area (Å²) in [5.74, 6) is -4.42. The fourth-order valence-electron chi connectivity index (χ4n) is 5.86. The molecule has 1 aromatic rings. The summed E-state index contributed by atoms with van der Waals surface area (Å²) in [5.41, 5.74) is 6.63. The smallest absolute Gasteiger partial charge is 0.353 e. The number of hydrogen-bond acceptors (Lipinski definition) is 9. The average Bonchev–Trinajstić information content (AvgIpc) is 3.53. The van der Waals surface area contributed by atoms with Crippen LogP contribution >= 0.6 is 23.1 Å². The summed E-state index contributed by atoms with van der Waals surface area (Å²) >= 11 is 2.73. The molecule has 5 heterocycles. The molecule has 0 bridgehead atoms. The van der Waals surface area contributed by atoms with Gasteiger partial charge >= 0.3 is 12.4 Å². The molecule has 3 amide bonds. The molecule has 38 heavy (non-hydrogen) atoms. The number of halogens is 2. The van der Waals surface area contributed by atoms with Gasteiger partial charge in [0, 0.05) is 46.5 Å². The van der Waals surface area contributed by atoms with Crippen LogP contribution in [0, 0.1) is 11.8 Å². The number of carboxylic acids is 1. The summed E-state index contributed by atoms with van der Waals surface area (Å²) in [5, 5.41) is 15.7. The number of alkyl halides is 2. The molecule has 4 aliphatic heterocycles. The molecular weight excluding hydrogens is 542 g/mol. The van der Waals surface area contributed by atoms with E-state index in [1.54, 1.807) is 11.8 Å². The first-order chi connectivity index (χ1) is 18.0. The van der Waals surface area contributed by atoms with Gasteiger partial charge in [0.25, 0.3) is 5.91 Å². The average molecular weight is 571 g/mol. The number of fused-ring (bicyclic) bond motifs is 2. The topological polar surface area (TPSA) is 158 Å². The third-order valence-corrected chi connectivity index (χ3v) is 10.1. The lowest BCUT2D eigenvalue weighted by atomic mass is 9.78. The Morgan fingerprint density at radius 2 is 2.08 bits per heavy atom. The maximum absolute atomic E-state index is 13.2. The summed E-state index contributed by atoms with van der Waals surface area (Å²) in [6.07, 6.45) is -2.07. The third-order valence-electron chi connectivity index (χ3n) is 7.64. The fraction of sp³-hybridized carbons (Fsp3) is 0.609. The van der Waals surface area contributed by atoms with E-state index in [4.69, 9.17) is 5.73 Å². The lowest BCUT2D eigenvalue weighted by Gasteiger charge is -2.47. The monoisotopic (exact) mass is 570 g/mol. The molecule has 0 aromatic carbocycles. The predicted octanol–water partition coefficient (Wildman–Crippen LogP) is 0.616. The second-order valence-electron chi connectivity index (χ2n) is 10.00. The van der Waals surface area contributed by atoms with Crippen molar-refractivity contribution in [1.29, 1.82) is 0 Å². The number of carboxylic acid groups (broad SMARTS) is 1. The normalized spacial score (nSPS) is 29.3. The number of anilines is 1. The van der Waals surface area contributed by atoms with Crippen LogP contribution in [0.2, 0.25) is 0 Å². The van der Waals surface area contributed by atoms with Crippen LogP contribution in [0.5, 0.6) is 0 Å². The lowest BCUT2D eigenvalue weighted by Crippen LogP contribution is -2.66. The standard InChI is InChI=1S/C23H28F2N6O5S2/c1-8-15-14(9(2)28-19(32)18(24)25)21(34)31(15)16(22(35)36)17(8)37-10-5-12(27-6-10)20(33)30-4-3-11-13(7-30)38-23(26)29-11/h8-10,12,14-15,18,27H,3-7H2,1-2H3,(H2,26,29)(H,28,32)(H,35,36)/t8-,9-,10+,12+,14-,15-/m1/s1. The van der Waals surface area contributed by atoms with Gasteiger partial charge in [0.05, 0.1) is 30.2 Å². The Morgan fingerprint density at radius 3 is 2.76 bits per heavy atom. The summed E-state index contributed by atoms with van der Waals surface area (Å²) in [6, 6.07) is -1.84. The van der Waals surface area contributed by atoms with E-state index in [2.05, 4.69) is 15.6 Å². The SMILES string of the molecule is C[C@@H](NC(=O)C(F)F)[C@H]1C(=O)N2C(C(=O)O)=C(S[C@@H]3CN[C@H](C(=O)N4CCc5nc(N)sc5C4)C3)[C@H](C)[C@H]12. The number of nitrogen functional groups attached to an aromatic ring is 1. The predicted molar refractivity (Wildman–Crippen MR) is 135 cm³/mol. The zero-order valence-corrected chi connectivity index (χ0v) is 22.3. The minimum atomic E-state index is -3.21. The zero-order valence-electron chi connectivity index (χ0n) is 20.6. The maximum Gasteiger partial charge on any atom is 0.353 e. The van der Waals surface area contributed by atoms with Gasteiger partial charge in [0.15, 0.2) is 5.13 Å². The van der Waals surface area contributed by atoms with Crippen LogP contribution in [-0.4, -0.2) is 86.5 Å². The zero-order chi connectivity index (χ0) is 27.5. The van der Waals surface area contributed by atoms with Gasteiger partial charge in [0.2, 0.25) is 11.8 Å². The minimum Gasteiger partial charge on any atom is -0.477 e. The number of aromatic nitrogens is 1. The van der Waals surface area contributed by atoms with Crippen molar-refractivity contribution in [3.05, 3.63) is 21.2 Å². The van der Waals surface area contributed by atoms with E-state index in [0.717, 1.165) is 10.6 Å². The van der Waals surface area contributed by atoms with Crippen molar-refractivity contribution in [2.75, 3.05) is 18.8 Å². The molecule has 6 atom stereocenters. The van der Waals surface area contributed by atoms with Crippen LogP contribution in [0.4, 0.5) is 13.9 Å². The number of aliphatic carboxylic acids is 1. The van der Waals surface area contributed by atoms with Crippen molar-refractivity contribution in [3.63, 3.8) is 0 Å². The van der Waals surface area contributed by atoms with Gasteiger partial charge in [0.1, 0.15) is 5.70 Å². The molecule has 4 aliphatic rings. The van der Waals surface area contributed by atoms with E-state index < -0.39 is 48.3 Å². The number of nitrogens with two attached hydrogens (primary N) is 1. The number of hydrogen-bond donors (Lipinski definition) is 4. The molecule has 5 rings (SSSR count). The van der Waals surface area contributed by atoms with Crippen molar-refractivity contribution in [2.45, 2.75) is 63.0 Å². The molecule has 0 radical (unpaired) electrons. The number of nitrogens with one attached hydrogen (secondary N) is 2. The molecule has 0 saturated carbocycles. The van der Waals surface area contributed by atoms with Crippen LogP contribution in [-0.2, 0) is 32.1 Å². The van der Waals surface area contributed by atoms with Crippen molar-refractivity contribution in [2.24, 2.45) is 11.8 Å². The summed E-state index contributed by atoms with van der Waals surface area (Å²) in [6.45, 7) is 4.77. The minimum absolute atomic E-state index is 0.0275. The van der Waals surface area contributed by atoms with Crippen LogP contribution in [0.25, 0.3) is 0 Å². The Kier molecular flexibility index (Phi) is 7.11. The van der Waals surface area contributed by atoms with E-state index in [1.165, 1.54) is 34.9 Å². The van der Waals surface area contributed by atoms with E-state index in [-0.39, 0.29) is 22.8 Å². The first kappa shape index (κ1) is 26.8. The van der Waals surface area contributed by atoms with Gasteiger partial charge in [-0.05, 0) is 13.3 Å². The Labute approximate surface area is 225 Å². The molecule has 0 unspecified atom stereocenters. The van der Waals surface area contributed by atoms with Crippen molar-refractivity contribution in [3.8, 4) is 0 Å². The largest absolute Gasteiger partial charge is 0.477 e. The molecular formula is C23H28F2N6O5S2. The number of amides is 3. The van der Waals surface area contributed by atoms with Gasteiger partial charge in [-0.1, -0.05) is 6.92 Å². The Bertz CT molecular complexity index is 1220. The molecule has 206 valence electrons. The number of carbonyl (C=O) groups excluding carboxylic acids is 3. The highest BCUT2D eigenvalue weighted by molar-refractivity contribution is 8.03. The van der Waals surface area contributed by atoms with Gasteiger partial charge in [-0.3, -0.25) is 14.4 Å². The second kappa shape index (κ2) is 10.1. The van der Waals surface area contributed by atoms with Crippen LogP contribution < -0.4 is 16.4 Å². The van der Waals surface area contributed by atoms with E-state index in [0.29, 0.717) is 42.5 Å². The highest BCUT2D eigenvalue weighted by Crippen LogP contribution is 2.52. The molecule has 0 aliphatic carbocycles. The van der Waals surface area contributed by atoms with E-state index in [1.807, 2.05) is 0 Å². The number of nitrogens with zero attached hydrogens (tertiary/aromatic N) is 3. The molecule has 11 nitrogen and oxygen atoms in total. The van der Waals surface area contributed by atoms with Gasteiger partial charge in [-0.2, -0.15) is 8.78 Å². The van der Waals surface area contributed by atoms with E-state index in [9.17, 15) is 33.1 Å². The molecule has 0 spiro atoms. The van der Waals surface area contributed by atoms with Crippen molar-refractivity contribution in [1.82, 2.24) is 25.4 Å². The first-order valence-corrected chi connectivity index (χ1v) is 14.0. The number of thiazole rings is 1. The number of thioether (sulfide) groups is 1. The van der Waals surface area contributed by atoms with Gasteiger partial charge in [-0.15, -0.1) is 23.1 Å². The maximum atomic E-state index is 13.2. The molecule has 15 heteroatoms. The molecule has 5 N–H and O–H groups in total. The second-order valence-corrected chi connectivity index (χ2v) is 12.5. The summed E-state index contributed by atoms with van der Waals surface area (Å²) in [4.78, 5) is 58.5. The number of rotatable bonds is 7. The fourth-order valence-corrected chi connectivity index (χ4v) is 8.23. The van der Waals surface area contributed by atoms with Crippen LogP contribution in [0.3, 0.4) is 0 Å². The molecule has 2 saturated heterocycles. The Balaban J connectivity index is 1.25. The van der Waals surface area contributed by atoms with Gasteiger partial charge in [-0.25, -0.2) is 9.78 Å². The number of carbonyl (C=O) groups is 4. The summed E-state index contributed by atoms with van der Waals surface area (Å²) < 4.78 is 25.4.